The lowest BCUT2D eigenvalue weighted by molar-refractivity contribution is -0.145. The predicted molar refractivity (Wildman–Crippen MR) is 118 cm³/mol. The number of carbonyl (C=O) groups excluding carboxylic acids is 1. The molecule has 0 amide bonds. The third-order valence-electron chi connectivity index (χ3n) is 4.53. The number of thiophene rings is 1. The van der Waals surface area contributed by atoms with E-state index in [4.69, 9.17) is 4.74 Å². The molecule has 5 nitrogen and oxygen atoms in total. The van der Waals surface area contributed by atoms with Crippen LogP contribution in [0.15, 0.2) is 70.2 Å². The van der Waals surface area contributed by atoms with Crippen LogP contribution in [0.2, 0.25) is 0 Å². The largest absolute Gasteiger partial charge is 0.459 e. The number of aryl methyl sites for hydroxylation is 1. The topological polar surface area (TPSA) is 61.2 Å². The highest BCUT2D eigenvalue weighted by Crippen LogP contribution is 2.35. The number of hydrogen-bond donors (Lipinski definition) is 0. The highest BCUT2D eigenvalue weighted by atomic mass is 79.9. The Morgan fingerprint density at radius 1 is 1.14 bits per heavy atom. The Labute approximate surface area is 179 Å². The van der Waals surface area contributed by atoms with E-state index in [1.807, 2.05) is 61.5 Å². The van der Waals surface area contributed by atoms with Gasteiger partial charge in [0.1, 0.15) is 18.0 Å². The molecular formula is C22H17BrN2O3S. The van der Waals surface area contributed by atoms with Gasteiger partial charge in [-0.3, -0.25) is 14.2 Å². The summed E-state index contributed by atoms with van der Waals surface area (Å²) in [7, 11) is 0. The minimum atomic E-state index is -0.478. The van der Waals surface area contributed by atoms with E-state index in [2.05, 4.69) is 20.9 Å². The molecule has 0 N–H and O–H groups in total. The van der Waals surface area contributed by atoms with Crippen molar-refractivity contribution in [3.8, 4) is 11.1 Å². The lowest BCUT2D eigenvalue weighted by Gasteiger charge is -2.08. The van der Waals surface area contributed by atoms with Gasteiger partial charge in [0.2, 0.25) is 0 Å². The zero-order valence-electron chi connectivity index (χ0n) is 15.6. The van der Waals surface area contributed by atoms with Gasteiger partial charge in [0, 0.05) is 14.9 Å². The summed E-state index contributed by atoms with van der Waals surface area (Å²) in [6.45, 7) is 1.97. The highest BCUT2D eigenvalue weighted by molar-refractivity contribution is 9.10. The first-order chi connectivity index (χ1) is 14.0. The van der Waals surface area contributed by atoms with Crippen molar-refractivity contribution in [1.82, 2.24) is 9.55 Å². The fraction of sp³-hybridized carbons (Fsp3) is 0.136. The van der Waals surface area contributed by atoms with Crippen molar-refractivity contribution in [2.24, 2.45) is 0 Å². The fourth-order valence-corrected chi connectivity index (χ4v) is 4.40. The lowest BCUT2D eigenvalue weighted by Crippen LogP contribution is -2.25. The third-order valence-corrected chi connectivity index (χ3v) is 6.07. The molecule has 0 bridgehead atoms. The molecule has 0 aliphatic heterocycles. The van der Waals surface area contributed by atoms with E-state index in [0.29, 0.717) is 10.2 Å². The van der Waals surface area contributed by atoms with Crippen LogP contribution < -0.4 is 5.56 Å². The molecular weight excluding hydrogens is 452 g/mol. The molecule has 0 unspecified atom stereocenters. The molecule has 0 aliphatic carbocycles. The zero-order valence-corrected chi connectivity index (χ0v) is 18.0. The average Bonchev–Trinajstić information content (AvgIpc) is 3.07. The van der Waals surface area contributed by atoms with Crippen LogP contribution in [0.3, 0.4) is 0 Å². The number of halogens is 1. The van der Waals surface area contributed by atoms with Gasteiger partial charge in [-0.05, 0) is 30.2 Å². The van der Waals surface area contributed by atoms with Crippen molar-refractivity contribution >= 4 is 43.5 Å². The number of benzene rings is 2. The number of nitrogens with zero attached hydrogens (tertiary/aromatic N) is 2. The Morgan fingerprint density at radius 2 is 1.86 bits per heavy atom. The summed E-state index contributed by atoms with van der Waals surface area (Å²) in [6.07, 6.45) is 1.41. The molecule has 4 aromatic rings. The number of aromatic nitrogens is 2. The second kappa shape index (κ2) is 8.31. The molecule has 0 spiro atoms. The molecule has 29 heavy (non-hydrogen) atoms. The smallest absolute Gasteiger partial charge is 0.326 e. The van der Waals surface area contributed by atoms with Crippen molar-refractivity contribution in [2.45, 2.75) is 20.1 Å². The minimum absolute atomic E-state index is 0.172. The molecule has 2 aromatic carbocycles. The van der Waals surface area contributed by atoms with E-state index in [0.717, 1.165) is 26.0 Å². The van der Waals surface area contributed by atoms with Crippen LogP contribution in [-0.2, 0) is 22.7 Å². The van der Waals surface area contributed by atoms with Crippen LogP contribution in [0, 0.1) is 6.92 Å². The van der Waals surface area contributed by atoms with Crippen molar-refractivity contribution in [2.75, 3.05) is 0 Å². The normalized spacial score (nSPS) is 11.0. The first kappa shape index (κ1) is 19.5. The second-order valence-corrected chi connectivity index (χ2v) is 8.66. The van der Waals surface area contributed by atoms with Gasteiger partial charge in [-0.15, -0.1) is 11.3 Å². The van der Waals surface area contributed by atoms with E-state index in [9.17, 15) is 9.59 Å². The maximum Gasteiger partial charge on any atom is 0.326 e. The van der Waals surface area contributed by atoms with Crippen LogP contribution in [0.4, 0.5) is 0 Å². The van der Waals surface area contributed by atoms with E-state index < -0.39 is 5.97 Å². The summed E-state index contributed by atoms with van der Waals surface area (Å²) in [5, 5.41) is 0.535. The molecule has 0 saturated carbocycles. The summed E-state index contributed by atoms with van der Waals surface area (Å²) in [4.78, 5) is 31.5. The van der Waals surface area contributed by atoms with Gasteiger partial charge < -0.3 is 4.74 Å². The molecule has 7 heteroatoms. The summed E-state index contributed by atoms with van der Waals surface area (Å²) in [5.74, 6) is -0.478. The van der Waals surface area contributed by atoms with Gasteiger partial charge in [0.05, 0.1) is 11.7 Å². The Balaban J connectivity index is 1.63. The van der Waals surface area contributed by atoms with E-state index in [1.165, 1.54) is 22.2 Å². The molecule has 0 fully saturated rings. The summed E-state index contributed by atoms with van der Waals surface area (Å²) < 4.78 is 7.58. The fourth-order valence-electron chi connectivity index (χ4n) is 3.14. The van der Waals surface area contributed by atoms with Crippen molar-refractivity contribution in [1.29, 1.82) is 0 Å². The standard InChI is InChI=1S/C22H17BrN2O3S/c1-14-19(16-7-9-17(23)10-8-16)20-21(29-14)24-13-25(22(20)27)11-18(26)28-12-15-5-3-2-4-6-15/h2-10,13H,11-12H2,1H3. The van der Waals surface area contributed by atoms with E-state index in [-0.39, 0.29) is 18.7 Å². The zero-order chi connectivity index (χ0) is 20.4. The molecule has 0 radical (unpaired) electrons. The Morgan fingerprint density at radius 3 is 2.59 bits per heavy atom. The molecule has 0 saturated heterocycles. The molecule has 2 heterocycles. The quantitative estimate of drug-likeness (QED) is 0.389. The van der Waals surface area contributed by atoms with Crippen LogP contribution in [0.5, 0.6) is 0 Å². The minimum Gasteiger partial charge on any atom is -0.459 e. The molecule has 0 atom stereocenters. The first-order valence-electron chi connectivity index (χ1n) is 8.97. The van der Waals surface area contributed by atoms with Gasteiger partial charge in [0.25, 0.3) is 5.56 Å². The van der Waals surface area contributed by atoms with Gasteiger partial charge in [-0.2, -0.15) is 0 Å². The van der Waals surface area contributed by atoms with Crippen LogP contribution in [-0.4, -0.2) is 15.5 Å². The van der Waals surface area contributed by atoms with Crippen molar-refractivity contribution in [3.63, 3.8) is 0 Å². The summed E-state index contributed by atoms with van der Waals surface area (Å²) >= 11 is 4.91. The SMILES string of the molecule is Cc1sc2ncn(CC(=O)OCc3ccccc3)c(=O)c2c1-c1ccc(Br)cc1. The number of ether oxygens (including phenoxy) is 1. The van der Waals surface area contributed by atoms with Crippen LogP contribution >= 0.6 is 27.3 Å². The third kappa shape index (κ3) is 4.16. The Hall–Kier alpha value is -2.77. The van der Waals surface area contributed by atoms with Gasteiger partial charge >= 0.3 is 5.97 Å². The highest BCUT2D eigenvalue weighted by Gasteiger charge is 2.18. The number of esters is 1. The van der Waals surface area contributed by atoms with Crippen molar-refractivity contribution in [3.05, 3.63) is 86.2 Å². The molecule has 2 aromatic heterocycles. The maximum atomic E-state index is 13.1. The maximum absolute atomic E-state index is 13.1. The summed E-state index contributed by atoms with van der Waals surface area (Å²) in [6, 6.07) is 17.2. The van der Waals surface area contributed by atoms with E-state index in [1.54, 1.807) is 0 Å². The monoisotopic (exact) mass is 468 g/mol. The van der Waals surface area contributed by atoms with E-state index >= 15 is 0 Å². The first-order valence-corrected chi connectivity index (χ1v) is 10.6. The van der Waals surface area contributed by atoms with Crippen molar-refractivity contribution < 1.29 is 9.53 Å². The van der Waals surface area contributed by atoms with Crippen LogP contribution in [0.1, 0.15) is 10.4 Å². The Kier molecular flexibility index (Phi) is 5.60. The van der Waals surface area contributed by atoms with Gasteiger partial charge in [0.15, 0.2) is 0 Å². The lowest BCUT2D eigenvalue weighted by atomic mass is 10.0. The van der Waals surface area contributed by atoms with Gasteiger partial charge in [-0.25, -0.2) is 4.98 Å². The number of fused-ring (bicyclic) bond motifs is 1. The van der Waals surface area contributed by atoms with Crippen LogP contribution in [0.25, 0.3) is 21.3 Å². The Bertz CT molecular complexity index is 1230. The number of rotatable bonds is 5. The predicted octanol–water partition coefficient (Wildman–Crippen LogP) is 4.94. The number of hydrogen-bond acceptors (Lipinski definition) is 5. The summed E-state index contributed by atoms with van der Waals surface area (Å²) in [5.41, 5.74) is 2.46. The average molecular weight is 469 g/mol. The second-order valence-electron chi connectivity index (χ2n) is 6.54. The molecule has 4 rings (SSSR count). The molecule has 0 aliphatic rings. The molecule has 146 valence electrons. The van der Waals surface area contributed by atoms with Gasteiger partial charge in [-0.1, -0.05) is 58.4 Å². The number of carbonyl (C=O) groups is 1.